The van der Waals surface area contributed by atoms with Crippen molar-refractivity contribution in [3.8, 4) is 0 Å². The molecule has 0 amide bonds. The fourth-order valence-electron chi connectivity index (χ4n) is 3.44. The lowest BCUT2D eigenvalue weighted by molar-refractivity contribution is 0.175. The first-order valence-corrected chi connectivity index (χ1v) is 7.31. The zero-order valence-electron chi connectivity index (χ0n) is 10.8. The quantitative estimate of drug-likeness (QED) is 0.781. The molecule has 0 aromatic rings. The molecular formula is C14H28N2. The number of likely N-dealkylation sites (tertiary alicyclic amines) is 1. The van der Waals surface area contributed by atoms with Gasteiger partial charge in [0.15, 0.2) is 0 Å². The lowest BCUT2D eigenvalue weighted by atomic mass is 9.92. The van der Waals surface area contributed by atoms with Crippen LogP contribution < -0.4 is 5.73 Å². The summed E-state index contributed by atoms with van der Waals surface area (Å²) in [4.78, 5) is 2.70. The summed E-state index contributed by atoms with van der Waals surface area (Å²) in [5.41, 5.74) is 6.37. The van der Waals surface area contributed by atoms with Crippen LogP contribution in [-0.2, 0) is 0 Å². The maximum absolute atomic E-state index is 6.37. The Morgan fingerprint density at radius 2 is 1.81 bits per heavy atom. The molecule has 0 radical (unpaired) electrons. The van der Waals surface area contributed by atoms with Gasteiger partial charge in [0.25, 0.3) is 0 Å². The first-order valence-electron chi connectivity index (χ1n) is 7.31. The summed E-state index contributed by atoms with van der Waals surface area (Å²) in [6.45, 7) is 4.94. The smallest absolute Gasteiger partial charge is 0.0247 e. The van der Waals surface area contributed by atoms with E-state index in [9.17, 15) is 0 Å². The number of nitrogens with zero attached hydrogens (tertiary/aromatic N) is 1. The van der Waals surface area contributed by atoms with Crippen molar-refractivity contribution in [3.05, 3.63) is 0 Å². The Kier molecular flexibility index (Phi) is 4.66. The minimum Gasteiger partial charge on any atom is -0.326 e. The van der Waals surface area contributed by atoms with Gasteiger partial charge in [0, 0.05) is 18.6 Å². The minimum atomic E-state index is 0.441. The summed E-state index contributed by atoms with van der Waals surface area (Å²) in [6.07, 6.45) is 10.9. The van der Waals surface area contributed by atoms with Crippen molar-refractivity contribution in [2.24, 2.45) is 11.7 Å². The zero-order chi connectivity index (χ0) is 11.4. The molecule has 94 valence electrons. The second kappa shape index (κ2) is 6.02. The van der Waals surface area contributed by atoms with Crippen molar-refractivity contribution < 1.29 is 0 Å². The molecule has 3 unspecified atom stereocenters. The minimum absolute atomic E-state index is 0.441. The van der Waals surface area contributed by atoms with Crippen LogP contribution in [0.4, 0.5) is 0 Å². The molecule has 2 aliphatic rings. The summed E-state index contributed by atoms with van der Waals surface area (Å²) >= 11 is 0. The van der Waals surface area contributed by atoms with Gasteiger partial charge in [0.2, 0.25) is 0 Å². The van der Waals surface area contributed by atoms with Gasteiger partial charge in [-0.2, -0.15) is 0 Å². The van der Waals surface area contributed by atoms with E-state index in [1.54, 1.807) is 0 Å². The second-order valence-electron chi connectivity index (χ2n) is 5.78. The van der Waals surface area contributed by atoms with E-state index in [1.165, 1.54) is 64.5 Å². The van der Waals surface area contributed by atoms with Gasteiger partial charge in [0.05, 0.1) is 0 Å². The molecule has 1 aliphatic heterocycles. The summed E-state index contributed by atoms with van der Waals surface area (Å²) < 4.78 is 0. The van der Waals surface area contributed by atoms with E-state index >= 15 is 0 Å². The fourth-order valence-corrected chi connectivity index (χ4v) is 3.44. The number of rotatable bonds is 2. The van der Waals surface area contributed by atoms with Crippen LogP contribution in [0.3, 0.4) is 0 Å². The van der Waals surface area contributed by atoms with Crippen LogP contribution in [-0.4, -0.2) is 30.1 Å². The second-order valence-corrected chi connectivity index (χ2v) is 5.78. The summed E-state index contributed by atoms with van der Waals surface area (Å²) in [7, 11) is 0. The Bertz CT molecular complexity index is 205. The largest absolute Gasteiger partial charge is 0.326 e. The van der Waals surface area contributed by atoms with Crippen molar-refractivity contribution in [2.75, 3.05) is 13.1 Å². The fraction of sp³-hybridized carbons (Fsp3) is 1.00. The Morgan fingerprint density at radius 1 is 1.06 bits per heavy atom. The van der Waals surface area contributed by atoms with Gasteiger partial charge >= 0.3 is 0 Å². The highest BCUT2D eigenvalue weighted by atomic mass is 15.2. The van der Waals surface area contributed by atoms with Gasteiger partial charge in [-0.1, -0.05) is 39.0 Å². The van der Waals surface area contributed by atoms with E-state index < -0.39 is 0 Å². The third-order valence-corrected chi connectivity index (χ3v) is 4.65. The molecule has 3 atom stereocenters. The average molecular weight is 224 g/mol. The SMILES string of the molecule is CCC1CCN(C2CCCCCCC2N)C1. The van der Waals surface area contributed by atoms with Crippen molar-refractivity contribution in [1.29, 1.82) is 0 Å². The lowest BCUT2D eigenvalue weighted by Crippen LogP contribution is -2.47. The first kappa shape index (κ1) is 12.4. The van der Waals surface area contributed by atoms with E-state index in [2.05, 4.69) is 11.8 Å². The highest BCUT2D eigenvalue weighted by Gasteiger charge is 2.30. The molecule has 2 rings (SSSR count). The first-order chi connectivity index (χ1) is 7.81. The van der Waals surface area contributed by atoms with E-state index in [4.69, 9.17) is 5.73 Å². The molecule has 0 aromatic carbocycles. The van der Waals surface area contributed by atoms with Crippen molar-refractivity contribution in [3.63, 3.8) is 0 Å². The number of hydrogen-bond donors (Lipinski definition) is 1. The molecule has 2 nitrogen and oxygen atoms in total. The molecular weight excluding hydrogens is 196 g/mol. The Balaban J connectivity index is 1.89. The Hall–Kier alpha value is -0.0800. The van der Waals surface area contributed by atoms with E-state index in [-0.39, 0.29) is 0 Å². The number of nitrogens with two attached hydrogens (primary N) is 1. The van der Waals surface area contributed by atoms with Crippen LogP contribution in [0.5, 0.6) is 0 Å². The lowest BCUT2D eigenvalue weighted by Gasteiger charge is -2.34. The van der Waals surface area contributed by atoms with Crippen LogP contribution in [0.25, 0.3) is 0 Å². The van der Waals surface area contributed by atoms with Gasteiger partial charge in [-0.25, -0.2) is 0 Å². The summed E-state index contributed by atoms with van der Waals surface area (Å²) in [5.74, 6) is 0.942. The predicted molar refractivity (Wildman–Crippen MR) is 69.4 cm³/mol. The standard InChI is InChI=1S/C14H28N2/c1-2-12-9-10-16(11-12)14-8-6-4-3-5-7-13(14)15/h12-14H,2-11,15H2,1H3. The van der Waals surface area contributed by atoms with Gasteiger partial charge in [-0.15, -0.1) is 0 Å². The molecule has 1 heterocycles. The van der Waals surface area contributed by atoms with Crippen molar-refractivity contribution >= 4 is 0 Å². The highest BCUT2D eigenvalue weighted by Crippen LogP contribution is 2.27. The van der Waals surface area contributed by atoms with Crippen molar-refractivity contribution in [1.82, 2.24) is 4.90 Å². The molecule has 2 N–H and O–H groups in total. The molecule has 1 saturated heterocycles. The molecule has 1 saturated carbocycles. The maximum Gasteiger partial charge on any atom is 0.0247 e. The molecule has 0 aromatic heterocycles. The van der Waals surface area contributed by atoms with Crippen LogP contribution in [0, 0.1) is 5.92 Å². The third-order valence-electron chi connectivity index (χ3n) is 4.65. The molecule has 1 aliphatic carbocycles. The van der Waals surface area contributed by atoms with Crippen LogP contribution >= 0.6 is 0 Å². The van der Waals surface area contributed by atoms with E-state index in [0.717, 1.165) is 5.92 Å². The zero-order valence-corrected chi connectivity index (χ0v) is 10.8. The van der Waals surface area contributed by atoms with Crippen LogP contribution in [0.15, 0.2) is 0 Å². The van der Waals surface area contributed by atoms with Gasteiger partial charge < -0.3 is 5.73 Å². The van der Waals surface area contributed by atoms with E-state index in [1.807, 2.05) is 0 Å². The maximum atomic E-state index is 6.37. The van der Waals surface area contributed by atoms with Crippen LogP contribution in [0.1, 0.15) is 58.3 Å². The summed E-state index contributed by atoms with van der Waals surface area (Å²) in [6, 6.07) is 1.13. The predicted octanol–water partition coefficient (Wildman–Crippen LogP) is 2.77. The Labute approximate surface area is 101 Å². The molecule has 0 bridgehead atoms. The van der Waals surface area contributed by atoms with Gasteiger partial charge in [0.1, 0.15) is 0 Å². The molecule has 2 fully saturated rings. The molecule has 0 spiro atoms. The van der Waals surface area contributed by atoms with Crippen molar-refractivity contribution in [2.45, 2.75) is 70.4 Å². The van der Waals surface area contributed by atoms with Gasteiger partial charge in [-0.3, -0.25) is 4.90 Å². The molecule has 2 heteroatoms. The third kappa shape index (κ3) is 2.98. The molecule has 16 heavy (non-hydrogen) atoms. The summed E-state index contributed by atoms with van der Waals surface area (Å²) in [5, 5.41) is 0. The Morgan fingerprint density at radius 3 is 2.50 bits per heavy atom. The van der Waals surface area contributed by atoms with Crippen LogP contribution in [0.2, 0.25) is 0 Å². The monoisotopic (exact) mass is 224 g/mol. The van der Waals surface area contributed by atoms with E-state index in [0.29, 0.717) is 12.1 Å². The van der Waals surface area contributed by atoms with Gasteiger partial charge in [-0.05, 0) is 31.7 Å². The topological polar surface area (TPSA) is 29.3 Å². The normalized spacial score (nSPS) is 38.2. The average Bonchev–Trinajstić information content (AvgIpc) is 2.72. The number of hydrogen-bond acceptors (Lipinski definition) is 2. The highest BCUT2D eigenvalue weighted by molar-refractivity contribution is 4.88.